The lowest BCUT2D eigenvalue weighted by Crippen LogP contribution is -2.49. The van der Waals surface area contributed by atoms with E-state index >= 15 is 0 Å². The van der Waals surface area contributed by atoms with Crippen molar-refractivity contribution in [1.29, 1.82) is 0 Å². The van der Waals surface area contributed by atoms with E-state index in [4.69, 9.17) is 0 Å². The molecule has 0 radical (unpaired) electrons. The van der Waals surface area contributed by atoms with Gasteiger partial charge in [0.15, 0.2) is 0 Å². The Labute approximate surface area is 225 Å². The van der Waals surface area contributed by atoms with Crippen LogP contribution in [0.15, 0.2) is 120 Å². The average Bonchev–Trinajstić information content (AvgIpc) is 2.92. The van der Waals surface area contributed by atoms with E-state index in [2.05, 4.69) is 31.9 Å². The number of nitrogens with zero attached hydrogens (tertiary/aromatic N) is 1. The molecule has 37 heavy (non-hydrogen) atoms. The number of hydrogen-bond donors (Lipinski definition) is 3. The van der Waals surface area contributed by atoms with Gasteiger partial charge in [-0.1, -0.05) is 94.8 Å². The fraction of sp³-hybridized carbons (Fsp3) is 0.133. The van der Waals surface area contributed by atoms with Gasteiger partial charge in [0, 0.05) is 28.9 Å². The number of amides is 4. The molecule has 1 atom stereocenters. The van der Waals surface area contributed by atoms with Gasteiger partial charge in [0.1, 0.15) is 0 Å². The summed E-state index contributed by atoms with van der Waals surface area (Å²) in [5.41, 5.74) is 3.47. The quantitative estimate of drug-likeness (QED) is 0.209. The average molecular weight is 557 g/mol. The Hall–Kier alpha value is -4.10. The highest BCUT2D eigenvalue weighted by molar-refractivity contribution is 9.10. The maximum absolute atomic E-state index is 13.6. The number of benzene rings is 4. The summed E-state index contributed by atoms with van der Waals surface area (Å²) in [7, 11) is 0. The number of carbonyl (C=O) groups excluding carboxylic acids is 2. The lowest BCUT2D eigenvalue weighted by atomic mass is 10.0. The van der Waals surface area contributed by atoms with E-state index in [0.717, 1.165) is 15.6 Å². The van der Waals surface area contributed by atoms with E-state index < -0.39 is 0 Å². The molecule has 4 amide bonds. The molecule has 4 aromatic rings. The zero-order chi connectivity index (χ0) is 25.9. The third-order valence-electron chi connectivity index (χ3n) is 5.84. The summed E-state index contributed by atoms with van der Waals surface area (Å²) in [6.07, 6.45) is 0.575. The van der Waals surface area contributed by atoms with Gasteiger partial charge >= 0.3 is 12.1 Å². The molecule has 3 N–H and O–H groups in total. The molecule has 0 saturated heterocycles. The first kappa shape index (κ1) is 26.0. The monoisotopic (exact) mass is 556 g/mol. The molecule has 7 heteroatoms. The third kappa shape index (κ3) is 8.22. The second kappa shape index (κ2) is 13.3. The molecule has 0 fully saturated rings. The van der Waals surface area contributed by atoms with Crippen molar-refractivity contribution in [3.8, 4) is 0 Å². The van der Waals surface area contributed by atoms with Gasteiger partial charge in [-0.2, -0.15) is 0 Å². The molecule has 6 nitrogen and oxygen atoms in total. The predicted octanol–water partition coefficient (Wildman–Crippen LogP) is 6.92. The Balaban J connectivity index is 1.57. The highest BCUT2D eigenvalue weighted by Gasteiger charge is 2.25. The van der Waals surface area contributed by atoms with Crippen molar-refractivity contribution in [2.75, 3.05) is 17.2 Å². The fourth-order valence-corrected chi connectivity index (χ4v) is 4.22. The molecule has 0 aromatic heterocycles. The normalized spacial score (nSPS) is 11.3. The molecule has 4 rings (SSSR count). The smallest absolute Gasteiger partial charge is 0.322 e. The Kier molecular flexibility index (Phi) is 9.32. The van der Waals surface area contributed by atoms with Crippen molar-refractivity contribution >= 4 is 39.4 Å². The van der Waals surface area contributed by atoms with Gasteiger partial charge in [-0.15, -0.1) is 0 Å². The SMILES string of the molecule is O=C(NCC(Cc1ccccc1)N(Cc1ccc(Br)cc1)C(=O)Nc1ccccc1)Nc1ccccc1. The van der Waals surface area contributed by atoms with Crippen molar-refractivity contribution in [2.24, 2.45) is 0 Å². The lowest BCUT2D eigenvalue weighted by Gasteiger charge is -2.32. The van der Waals surface area contributed by atoms with Crippen molar-refractivity contribution in [1.82, 2.24) is 10.2 Å². The summed E-state index contributed by atoms with van der Waals surface area (Å²) < 4.78 is 0.969. The zero-order valence-electron chi connectivity index (χ0n) is 20.3. The van der Waals surface area contributed by atoms with Gasteiger partial charge in [0.2, 0.25) is 0 Å². The second-order valence-corrected chi connectivity index (χ2v) is 9.51. The minimum Gasteiger partial charge on any atom is -0.336 e. The Morgan fingerprint density at radius 3 is 1.81 bits per heavy atom. The molecule has 0 spiro atoms. The highest BCUT2D eigenvalue weighted by Crippen LogP contribution is 2.18. The second-order valence-electron chi connectivity index (χ2n) is 8.60. The van der Waals surface area contributed by atoms with E-state index in [0.29, 0.717) is 24.3 Å². The van der Waals surface area contributed by atoms with Crippen molar-refractivity contribution in [3.63, 3.8) is 0 Å². The number of halogens is 1. The summed E-state index contributed by atoms with van der Waals surface area (Å²) in [6, 6.07) is 35.7. The fourth-order valence-electron chi connectivity index (χ4n) is 3.96. The number of rotatable bonds is 9. The molecular weight excluding hydrogens is 528 g/mol. The molecule has 0 aliphatic carbocycles. The lowest BCUT2D eigenvalue weighted by molar-refractivity contribution is 0.180. The van der Waals surface area contributed by atoms with Gasteiger partial charge in [-0.25, -0.2) is 9.59 Å². The number of urea groups is 2. The molecule has 4 aromatic carbocycles. The van der Waals surface area contributed by atoms with Gasteiger partial charge < -0.3 is 20.9 Å². The minimum absolute atomic E-state index is 0.236. The minimum atomic E-state index is -0.323. The number of hydrogen-bond acceptors (Lipinski definition) is 2. The van der Waals surface area contributed by atoms with E-state index in [9.17, 15) is 9.59 Å². The summed E-state index contributed by atoms with van der Waals surface area (Å²) >= 11 is 3.48. The van der Waals surface area contributed by atoms with Crippen molar-refractivity contribution in [2.45, 2.75) is 19.0 Å². The molecule has 0 aliphatic heterocycles. The van der Waals surface area contributed by atoms with Crippen LogP contribution in [0.4, 0.5) is 21.0 Å². The van der Waals surface area contributed by atoms with Crippen LogP contribution in [0.1, 0.15) is 11.1 Å². The number of carbonyl (C=O) groups is 2. The van der Waals surface area contributed by atoms with Gasteiger partial charge in [-0.05, 0) is 53.9 Å². The summed E-state index contributed by atoms with van der Waals surface area (Å²) in [5.74, 6) is 0. The Bertz CT molecular complexity index is 1270. The molecule has 1 unspecified atom stereocenters. The van der Waals surface area contributed by atoms with Crippen LogP contribution in [0.2, 0.25) is 0 Å². The summed E-state index contributed by atoms with van der Waals surface area (Å²) in [5, 5.41) is 8.83. The first-order valence-electron chi connectivity index (χ1n) is 12.1. The van der Waals surface area contributed by atoms with E-state index in [-0.39, 0.29) is 24.6 Å². The molecule has 0 saturated carbocycles. The van der Waals surface area contributed by atoms with Crippen molar-refractivity contribution in [3.05, 3.63) is 131 Å². The van der Waals surface area contributed by atoms with Crippen LogP contribution in [-0.2, 0) is 13.0 Å². The predicted molar refractivity (Wildman–Crippen MR) is 153 cm³/mol. The van der Waals surface area contributed by atoms with Crippen LogP contribution >= 0.6 is 15.9 Å². The van der Waals surface area contributed by atoms with E-state index in [1.807, 2.05) is 115 Å². The molecule has 0 heterocycles. The first-order chi connectivity index (χ1) is 18.1. The standard InChI is InChI=1S/C30H29BrN4O2/c31-25-18-16-24(17-19-25)22-35(30(37)34-27-14-8-3-9-15-27)28(20-23-10-4-1-5-11-23)21-32-29(36)33-26-12-6-2-7-13-26/h1-19,28H,20-22H2,(H,34,37)(H2,32,33,36). The van der Waals surface area contributed by atoms with Crippen LogP contribution in [0.3, 0.4) is 0 Å². The van der Waals surface area contributed by atoms with E-state index in [1.165, 1.54) is 0 Å². The number of para-hydroxylation sites is 2. The van der Waals surface area contributed by atoms with E-state index in [1.54, 1.807) is 4.90 Å². The van der Waals surface area contributed by atoms with Gasteiger partial charge in [0.05, 0.1) is 6.04 Å². The van der Waals surface area contributed by atoms with Gasteiger partial charge in [-0.3, -0.25) is 0 Å². The first-order valence-corrected chi connectivity index (χ1v) is 12.9. The number of nitrogens with one attached hydrogen (secondary N) is 3. The molecule has 0 aliphatic rings. The van der Waals surface area contributed by atoms with Crippen molar-refractivity contribution < 1.29 is 9.59 Å². The Morgan fingerprint density at radius 2 is 1.22 bits per heavy atom. The van der Waals surface area contributed by atoms with Crippen LogP contribution in [0, 0.1) is 0 Å². The summed E-state index contributed by atoms with van der Waals surface area (Å²) in [4.78, 5) is 28.1. The van der Waals surface area contributed by atoms with Gasteiger partial charge in [0.25, 0.3) is 0 Å². The summed E-state index contributed by atoms with van der Waals surface area (Å²) in [6.45, 7) is 0.651. The Morgan fingerprint density at radius 1 is 0.676 bits per heavy atom. The van der Waals surface area contributed by atoms with Crippen LogP contribution < -0.4 is 16.0 Å². The molecular formula is C30H29BrN4O2. The maximum Gasteiger partial charge on any atom is 0.322 e. The highest BCUT2D eigenvalue weighted by atomic mass is 79.9. The zero-order valence-corrected chi connectivity index (χ0v) is 21.9. The van der Waals surface area contributed by atoms with Crippen LogP contribution in [0.25, 0.3) is 0 Å². The largest absolute Gasteiger partial charge is 0.336 e. The topological polar surface area (TPSA) is 73.5 Å². The third-order valence-corrected chi connectivity index (χ3v) is 6.37. The maximum atomic E-state index is 13.6. The number of anilines is 2. The molecule has 0 bridgehead atoms. The van der Waals surface area contributed by atoms with Crippen LogP contribution in [-0.4, -0.2) is 29.5 Å². The molecule has 188 valence electrons. The van der Waals surface area contributed by atoms with Crippen LogP contribution in [0.5, 0.6) is 0 Å².